The van der Waals surface area contributed by atoms with E-state index < -0.39 is 11.7 Å². The van der Waals surface area contributed by atoms with E-state index in [9.17, 15) is 9.59 Å². The van der Waals surface area contributed by atoms with Crippen LogP contribution in [0.5, 0.6) is 5.75 Å². The maximum Gasteiger partial charge on any atom is 0.295 e. The standard InChI is InChI=1S/C25H23N9O4/c1-37-13-18-28-14-34(31-18)24-21-20(17(38-2)11-27-24)16(10-26-21)22(35)25(36)32-8-9-33-19(12-32)29-30-23(33)15-6-4-3-5-7-15/h3-7,10-11,14,26H,8-9,12-13H2,1-2H3. The Morgan fingerprint density at radius 1 is 1.08 bits per heavy atom. The Morgan fingerprint density at radius 2 is 1.92 bits per heavy atom. The molecule has 0 fully saturated rings. The Kier molecular flexibility index (Phi) is 5.88. The summed E-state index contributed by atoms with van der Waals surface area (Å²) in [5.74, 6) is 1.29. The maximum absolute atomic E-state index is 13.5. The van der Waals surface area contributed by atoms with Gasteiger partial charge in [-0.1, -0.05) is 30.3 Å². The molecule has 38 heavy (non-hydrogen) atoms. The number of methoxy groups -OCH3 is 2. The molecule has 13 heteroatoms. The van der Waals surface area contributed by atoms with Crippen LogP contribution in [0.4, 0.5) is 0 Å². The lowest BCUT2D eigenvalue weighted by molar-refractivity contribution is -0.127. The third-order valence-corrected chi connectivity index (χ3v) is 6.42. The lowest BCUT2D eigenvalue weighted by atomic mass is 10.1. The molecule has 0 unspecified atom stereocenters. The molecular weight excluding hydrogens is 490 g/mol. The Labute approximate surface area is 216 Å². The Morgan fingerprint density at radius 3 is 2.71 bits per heavy atom. The molecule has 1 aliphatic heterocycles. The number of pyridine rings is 1. The first-order valence-electron chi connectivity index (χ1n) is 11.8. The van der Waals surface area contributed by atoms with Crippen LogP contribution in [0.1, 0.15) is 22.0 Å². The molecule has 0 saturated carbocycles. The van der Waals surface area contributed by atoms with Crippen LogP contribution in [-0.2, 0) is 29.2 Å². The fraction of sp³-hybridized carbons (Fsp3) is 0.240. The highest BCUT2D eigenvalue weighted by Crippen LogP contribution is 2.32. The highest BCUT2D eigenvalue weighted by molar-refractivity contribution is 6.45. The predicted molar refractivity (Wildman–Crippen MR) is 133 cm³/mol. The van der Waals surface area contributed by atoms with Crippen molar-refractivity contribution in [2.75, 3.05) is 20.8 Å². The zero-order chi connectivity index (χ0) is 26.2. The number of rotatable bonds is 7. The molecule has 5 heterocycles. The normalized spacial score (nSPS) is 13.1. The van der Waals surface area contributed by atoms with Crippen molar-refractivity contribution in [3.05, 3.63) is 66.3 Å². The van der Waals surface area contributed by atoms with Crippen LogP contribution in [0.3, 0.4) is 0 Å². The number of aromatic nitrogens is 8. The van der Waals surface area contributed by atoms with Gasteiger partial charge in [0.2, 0.25) is 0 Å². The van der Waals surface area contributed by atoms with Crippen LogP contribution in [0, 0.1) is 0 Å². The molecule has 6 rings (SSSR count). The van der Waals surface area contributed by atoms with Crippen LogP contribution in [0.15, 0.2) is 49.1 Å². The SMILES string of the molecule is COCc1ncn(-c2ncc(OC)c3c(C(=O)C(=O)N4CCn5c(nnc5-c5ccccc5)C4)c[nH]c23)n1. The number of carbonyl (C=O) groups excluding carboxylic acids is 2. The number of nitrogens with zero attached hydrogens (tertiary/aromatic N) is 8. The highest BCUT2D eigenvalue weighted by Gasteiger charge is 2.31. The summed E-state index contributed by atoms with van der Waals surface area (Å²) < 4.78 is 14.0. The van der Waals surface area contributed by atoms with Gasteiger partial charge in [0.25, 0.3) is 11.7 Å². The smallest absolute Gasteiger partial charge is 0.295 e. The molecule has 1 N–H and O–H groups in total. The number of benzene rings is 1. The molecule has 192 valence electrons. The summed E-state index contributed by atoms with van der Waals surface area (Å²) in [6.07, 6.45) is 4.48. The first-order valence-corrected chi connectivity index (χ1v) is 11.8. The number of H-pyrrole nitrogens is 1. The van der Waals surface area contributed by atoms with E-state index in [4.69, 9.17) is 9.47 Å². The summed E-state index contributed by atoms with van der Waals surface area (Å²) in [6, 6.07) is 9.73. The van der Waals surface area contributed by atoms with Gasteiger partial charge in [-0.2, -0.15) is 0 Å². The monoisotopic (exact) mass is 513 g/mol. The van der Waals surface area contributed by atoms with Gasteiger partial charge in [0.15, 0.2) is 23.3 Å². The molecule has 5 aromatic rings. The van der Waals surface area contributed by atoms with Crippen molar-refractivity contribution in [1.29, 1.82) is 0 Å². The minimum atomic E-state index is -0.665. The van der Waals surface area contributed by atoms with Crippen molar-refractivity contribution < 1.29 is 19.1 Å². The first-order chi connectivity index (χ1) is 18.6. The van der Waals surface area contributed by atoms with Gasteiger partial charge in [-0.3, -0.25) is 9.59 Å². The van der Waals surface area contributed by atoms with Gasteiger partial charge >= 0.3 is 0 Å². The second-order valence-corrected chi connectivity index (χ2v) is 8.65. The molecule has 0 radical (unpaired) electrons. The van der Waals surface area contributed by atoms with Gasteiger partial charge in [-0.25, -0.2) is 14.6 Å². The van der Waals surface area contributed by atoms with Crippen LogP contribution in [0.2, 0.25) is 0 Å². The van der Waals surface area contributed by atoms with Gasteiger partial charge in [0.05, 0.1) is 36.3 Å². The third-order valence-electron chi connectivity index (χ3n) is 6.42. The van der Waals surface area contributed by atoms with E-state index in [-0.39, 0.29) is 18.7 Å². The number of carbonyl (C=O) groups is 2. The van der Waals surface area contributed by atoms with E-state index >= 15 is 0 Å². The van der Waals surface area contributed by atoms with Crippen LogP contribution < -0.4 is 4.74 Å². The van der Waals surface area contributed by atoms with Gasteiger partial charge in [0.1, 0.15) is 18.7 Å². The lowest BCUT2D eigenvalue weighted by Crippen LogP contribution is -2.42. The molecule has 1 aromatic carbocycles. The minimum absolute atomic E-state index is 0.179. The number of amides is 1. The molecule has 0 saturated heterocycles. The van der Waals surface area contributed by atoms with Gasteiger partial charge in [-0.15, -0.1) is 15.3 Å². The molecular formula is C25H23N9O4. The number of ketones is 1. The topological polar surface area (TPSA) is 146 Å². The number of fused-ring (bicyclic) bond motifs is 2. The van der Waals surface area contributed by atoms with E-state index in [0.717, 1.165) is 11.4 Å². The molecule has 1 aliphatic rings. The zero-order valence-electron chi connectivity index (χ0n) is 20.7. The van der Waals surface area contributed by atoms with Crippen LogP contribution in [0.25, 0.3) is 28.1 Å². The maximum atomic E-state index is 13.5. The van der Waals surface area contributed by atoms with Gasteiger partial charge in [0, 0.05) is 32.0 Å². The second-order valence-electron chi connectivity index (χ2n) is 8.65. The summed E-state index contributed by atoms with van der Waals surface area (Å²) in [4.78, 5) is 40.0. The Balaban J connectivity index is 1.30. The Hall–Kier alpha value is -4.91. The number of hydrogen-bond acceptors (Lipinski definition) is 9. The molecule has 4 aromatic heterocycles. The lowest BCUT2D eigenvalue weighted by Gasteiger charge is -2.27. The fourth-order valence-corrected chi connectivity index (χ4v) is 4.60. The average molecular weight is 514 g/mol. The average Bonchev–Trinajstić information content (AvgIpc) is 3.71. The van der Waals surface area contributed by atoms with Crippen molar-refractivity contribution in [2.45, 2.75) is 19.7 Å². The molecule has 0 atom stereocenters. The van der Waals surface area contributed by atoms with Gasteiger partial charge in [-0.05, 0) is 0 Å². The van der Waals surface area contributed by atoms with E-state index in [1.165, 1.54) is 35.4 Å². The van der Waals surface area contributed by atoms with E-state index in [1.807, 2.05) is 34.9 Å². The molecule has 0 bridgehead atoms. The van der Waals surface area contributed by atoms with E-state index in [0.29, 0.717) is 47.2 Å². The van der Waals surface area contributed by atoms with Crippen molar-refractivity contribution in [1.82, 2.24) is 44.4 Å². The highest BCUT2D eigenvalue weighted by atomic mass is 16.5. The largest absolute Gasteiger partial charge is 0.494 e. The summed E-state index contributed by atoms with van der Waals surface area (Å²) in [7, 11) is 3.03. The minimum Gasteiger partial charge on any atom is -0.494 e. The van der Waals surface area contributed by atoms with Crippen molar-refractivity contribution in [3.8, 4) is 23.0 Å². The predicted octanol–water partition coefficient (Wildman–Crippen LogP) is 1.78. The fourth-order valence-electron chi connectivity index (χ4n) is 4.60. The summed E-state index contributed by atoms with van der Waals surface area (Å²) in [6.45, 7) is 1.25. The second kappa shape index (κ2) is 9.52. The van der Waals surface area contributed by atoms with Crippen molar-refractivity contribution in [3.63, 3.8) is 0 Å². The van der Waals surface area contributed by atoms with Crippen molar-refractivity contribution in [2.24, 2.45) is 0 Å². The number of nitrogens with one attached hydrogen (secondary N) is 1. The molecule has 0 aliphatic carbocycles. The number of Topliss-reactive ketones (excluding diaryl/α,β-unsaturated/α-hetero) is 1. The summed E-state index contributed by atoms with van der Waals surface area (Å²) in [5.41, 5.74) is 1.61. The number of hydrogen-bond donors (Lipinski definition) is 1. The van der Waals surface area contributed by atoms with Crippen LogP contribution in [-0.4, -0.2) is 76.9 Å². The van der Waals surface area contributed by atoms with Crippen LogP contribution >= 0.6 is 0 Å². The van der Waals surface area contributed by atoms with Gasteiger partial charge < -0.3 is 23.9 Å². The van der Waals surface area contributed by atoms with Crippen molar-refractivity contribution >= 4 is 22.6 Å². The first kappa shape index (κ1) is 23.5. The zero-order valence-corrected chi connectivity index (χ0v) is 20.7. The molecule has 0 spiro atoms. The molecule has 1 amide bonds. The van der Waals surface area contributed by atoms with E-state index in [1.54, 1.807) is 7.11 Å². The Bertz CT molecular complexity index is 1650. The summed E-state index contributed by atoms with van der Waals surface area (Å²) >= 11 is 0. The number of aromatic amines is 1. The summed E-state index contributed by atoms with van der Waals surface area (Å²) in [5, 5.41) is 13.4. The van der Waals surface area contributed by atoms with E-state index in [2.05, 4.69) is 30.2 Å². The quantitative estimate of drug-likeness (QED) is 0.254. The molecule has 13 nitrogen and oxygen atoms in total. The third kappa shape index (κ3) is 3.89. The number of ether oxygens (including phenoxy) is 2.